The third kappa shape index (κ3) is 4.57. The standard InChI is InChI=1S/C20H19N3O3/c24-20(21-17-10-12-18(13-11-17)23(25)26)22-19(16-8-4-5-9-16)14-15-6-2-1-3-7-15/h1-8,10-13,19H,9,14H2,(H2,21,22,24)/t19-/m1/s1. The lowest BCUT2D eigenvalue weighted by Gasteiger charge is -2.21. The van der Waals surface area contributed by atoms with Crippen molar-refractivity contribution in [3.63, 3.8) is 0 Å². The maximum absolute atomic E-state index is 12.4. The topological polar surface area (TPSA) is 84.3 Å². The quantitative estimate of drug-likeness (QED) is 0.605. The number of non-ortho nitro benzene ring substituents is 1. The number of nitrogens with one attached hydrogen (secondary N) is 2. The summed E-state index contributed by atoms with van der Waals surface area (Å²) in [4.78, 5) is 22.6. The second kappa shape index (κ2) is 8.11. The molecule has 2 aromatic rings. The average Bonchev–Trinajstić information content (AvgIpc) is 3.17. The number of hydrogen-bond acceptors (Lipinski definition) is 3. The van der Waals surface area contributed by atoms with Crippen LogP contribution in [0.4, 0.5) is 16.2 Å². The van der Waals surface area contributed by atoms with Gasteiger partial charge in [-0.3, -0.25) is 10.1 Å². The zero-order valence-electron chi connectivity index (χ0n) is 14.1. The van der Waals surface area contributed by atoms with Crippen LogP contribution in [0, 0.1) is 10.1 Å². The summed E-state index contributed by atoms with van der Waals surface area (Å²) in [6.07, 6.45) is 7.59. The van der Waals surface area contributed by atoms with Gasteiger partial charge in [0.25, 0.3) is 5.69 Å². The van der Waals surface area contributed by atoms with Crippen LogP contribution in [-0.2, 0) is 6.42 Å². The molecule has 0 aromatic heterocycles. The third-order valence-corrected chi connectivity index (χ3v) is 4.17. The van der Waals surface area contributed by atoms with Crippen LogP contribution in [0.3, 0.4) is 0 Å². The van der Waals surface area contributed by atoms with Crippen LogP contribution >= 0.6 is 0 Å². The van der Waals surface area contributed by atoms with Gasteiger partial charge in [0.1, 0.15) is 0 Å². The maximum atomic E-state index is 12.4. The van der Waals surface area contributed by atoms with Gasteiger partial charge in [-0.2, -0.15) is 0 Å². The number of allylic oxidation sites excluding steroid dienone is 3. The lowest BCUT2D eigenvalue weighted by atomic mass is 9.98. The summed E-state index contributed by atoms with van der Waals surface area (Å²) in [6.45, 7) is 0. The fourth-order valence-corrected chi connectivity index (χ4v) is 2.84. The van der Waals surface area contributed by atoms with Crippen molar-refractivity contribution in [2.45, 2.75) is 18.9 Å². The molecule has 6 heteroatoms. The molecule has 0 spiro atoms. The van der Waals surface area contributed by atoms with Crippen molar-refractivity contribution in [2.24, 2.45) is 0 Å². The van der Waals surface area contributed by atoms with Crippen LogP contribution in [0.1, 0.15) is 12.0 Å². The second-order valence-electron chi connectivity index (χ2n) is 6.02. The van der Waals surface area contributed by atoms with E-state index in [1.54, 1.807) is 0 Å². The second-order valence-corrected chi connectivity index (χ2v) is 6.02. The first-order chi connectivity index (χ1) is 12.6. The molecule has 0 fully saturated rings. The summed E-state index contributed by atoms with van der Waals surface area (Å²) in [5.41, 5.74) is 2.78. The molecule has 132 valence electrons. The third-order valence-electron chi connectivity index (χ3n) is 4.17. The Morgan fingerprint density at radius 3 is 2.46 bits per heavy atom. The Morgan fingerprint density at radius 2 is 1.85 bits per heavy atom. The number of rotatable bonds is 6. The fourth-order valence-electron chi connectivity index (χ4n) is 2.84. The number of amides is 2. The highest BCUT2D eigenvalue weighted by molar-refractivity contribution is 5.89. The van der Waals surface area contributed by atoms with E-state index in [1.807, 2.05) is 42.5 Å². The van der Waals surface area contributed by atoms with Gasteiger partial charge in [0.05, 0.1) is 11.0 Å². The SMILES string of the molecule is O=C(Nc1ccc([N+](=O)[O-])cc1)N[C@H](Cc1ccccc1)C1=CC=CC1. The molecule has 26 heavy (non-hydrogen) atoms. The van der Waals surface area contributed by atoms with Crippen molar-refractivity contribution in [2.75, 3.05) is 5.32 Å². The van der Waals surface area contributed by atoms with Crippen molar-refractivity contribution >= 4 is 17.4 Å². The highest BCUT2D eigenvalue weighted by Gasteiger charge is 2.18. The number of nitro benzene ring substituents is 1. The molecule has 1 aliphatic rings. The summed E-state index contributed by atoms with van der Waals surface area (Å²) < 4.78 is 0. The van der Waals surface area contributed by atoms with Crippen LogP contribution in [0.25, 0.3) is 0 Å². The van der Waals surface area contributed by atoms with E-state index in [1.165, 1.54) is 24.3 Å². The number of hydrogen-bond donors (Lipinski definition) is 2. The molecule has 3 rings (SSSR count). The van der Waals surface area contributed by atoms with Gasteiger partial charge in [0, 0.05) is 17.8 Å². The molecule has 0 heterocycles. The van der Waals surface area contributed by atoms with Crippen LogP contribution in [0.2, 0.25) is 0 Å². The Morgan fingerprint density at radius 1 is 1.12 bits per heavy atom. The summed E-state index contributed by atoms with van der Waals surface area (Å²) in [6, 6.07) is 15.3. The predicted octanol–water partition coefficient (Wildman–Crippen LogP) is 4.21. The molecule has 0 unspecified atom stereocenters. The molecule has 6 nitrogen and oxygen atoms in total. The maximum Gasteiger partial charge on any atom is 0.319 e. The molecule has 0 saturated heterocycles. The zero-order valence-corrected chi connectivity index (χ0v) is 14.1. The smallest absolute Gasteiger partial charge is 0.319 e. The van der Waals surface area contributed by atoms with Gasteiger partial charge in [-0.05, 0) is 36.1 Å². The molecule has 2 N–H and O–H groups in total. The van der Waals surface area contributed by atoms with E-state index in [-0.39, 0.29) is 17.8 Å². The van der Waals surface area contributed by atoms with Gasteiger partial charge in [0.15, 0.2) is 0 Å². The summed E-state index contributed by atoms with van der Waals surface area (Å²) >= 11 is 0. The van der Waals surface area contributed by atoms with Crippen LogP contribution in [0.15, 0.2) is 78.4 Å². The van der Waals surface area contributed by atoms with Gasteiger partial charge >= 0.3 is 6.03 Å². The highest BCUT2D eigenvalue weighted by atomic mass is 16.6. The Kier molecular flexibility index (Phi) is 5.43. The van der Waals surface area contributed by atoms with Crippen LogP contribution in [-0.4, -0.2) is 17.0 Å². The van der Waals surface area contributed by atoms with Gasteiger partial charge in [0.2, 0.25) is 0 Å². The van der Waals surface area contributed by atoms with Crippen molar-refractivity contribution in [1.29, 1.82) is 0 Å². The Balaban J connectivity index is 1.65. The highest BCUT2D eigenvalue weighted by Crippen LogP contribution is 2.19. The molecular weight excluding hydrogens is 330 g/mol. The summed E-state index contributed by atoms with van der Waals surface area (Å²) in [5, 5.41) is 16.4. The minimum Gasteiger partial charge on any atom is -0.331 e. The Hall–Kier alpha value is -3.41. The van der Waals surface area contributed by atoms with E-state index in [9.17, 15) is 14.9 Å². The molecule has 0 bridgehead atoms. The van der Waals surface area contributed by atoms with Gasteiger partial charge in [-0.15, -0.1) is 0 Å². The molecule has 0 aliphatic heterocycles. The predicted molar refractivity (Wildman–Crippen MR) is 101 cm³/mol. The number of nitro groups is 1. The average molecular weight is 349 g/mol. The van der Waals surface area contributed by atoms with Crippen molar-refractivity contribution < 1.29 is 9.72 Å². The zero-order chi connectivity index (χ0) is 18.4. The first-order valence-electron chi connectivity index (χ1n) is 8.33. The Labute approximate surface area is 151 Å². The van der Waals surface area contributed by atoms with E-state index >= 15 is 0 Å². The number of carbonyl (C=O) groups excluding carboxylic acids is 1. The fraction of sp³-hybridized carbons (Fsp3) is 0.150. The normalized spacial score (nSPS) is 13.8. The van der Waals surface area contributed by atoms with E-state index in [0.29, 0.717) is 12.1 Å². The lowest BCUT2D eigenvalue weighted by molar-refractivity contribution is -0.384. The van der Waals surface area contributed by atoms with Crippen LogP contribution < -0.4 is 10.6 Å². The first kappa shape index (κ1) is 17.4. The number of benzene rings is 2. The monoisotopic (exact) mass is 349 g/mol. The van der Waals surface area contributed by atoms with Crippen molar-refractivity contribution in [1.82, 2.24) is 5.32 Å². The van der Waals surface area contributed by atoms with Gasteiger partial charge in [-0.25, -0.2) is 4.79 Å². The van der Waals surface area contributed by atoms with E-state index < -0.39 is 4.92 Å². The number of carbonyl (C=O) groups is 1. The van der Waals surface area contributed by atoms with E-state index in [0.717, 1.165) is 17.6 Å². The Bertz CT molecular complexity index is 842. The molecule has 0 radical (unpaired) electrons. The molecule has 1 atom stereocenters. The van der Waals surface area contributed by atoms with Crippen LogP contribution in [0.5, 0.6) is 0 Å². The minimum absolute atomic E-state index is 0.0138. The van der Waals surface area contributed by atoms with E-state index in [2.05, 4.69) is 16.7 Å². The molecule has 2 aromatic carbocycles. The summed E-state index contributed by atoms with van der Waals surface area (Å²) in [5.74, 6) is 0. The molecule has 1 aliphatic carbocycles. The molecule has 2 amide bonds. The van der Waals surface area contributed by atoms with Crippen molar-refractivity contribution in [3.8, 4) is 0 Å². The largest absolute Gasteiger partial charge is 0.331 e. The molecular formula is C20H19N3O3. The van der Waals surface area contributed by atoms with Crippen molar-refractivity contribution in [3.05, 3.63) is 94.1 Å². The number of nitrogens with zero attached hydrogens (tertiary/aromatic N) is 1. The molecule has 0 saturated carbocycles. The first-order valence-corrected chi connectivity index (χ1v) is 8.33. The van der Waals surface area contributed by atoms with E-state index in [4.69, 9.17) is 0 Å². The summed E-state index contributed by atoms with van der Waals surface area (Å²) in [7, 11) is 0. The van der Waals surface area contributed by atoms with Gasteiger partial charge < -0.3 is 10.6 Å². The number of urea groups is 1. The number of anilines is 1. The lowest BCUT2D eigenvalue weighted by Crippen LogP contribution is -2.40. The van der Waals surface area contributed by atoms with Gasteiger partial charge in [-0.1, -0.05) is 48.6 Å². The minimum atomic E-state index is -0.473.